The summed E-state index contributed by atoms with van der Waals surface area (Å²) in [6, 6.07) is 0. The van der Waals surface area contributed by atoms with Crippen molar-refractivity contribution in [1.82, 2.24) is 0 Å². The molecule has 0 spiro atoms. The zero-order valence-electron chi connectivity index (χ0n) is 7.37. The minimum atomic E-state index is -5.39. The number of hydrogen-bond donors (Lipinski definition) is 4. The molecule has 0 saturated carbocycles. The molecule has 13 heavy (non-hydrogen) atoms. The second-order valence-electron chi connectivity index (χ2n) is 1.05. The van der Waals surface area contributed by atoms with Crippen molar-refractivity contribution in [1.29, 1.82) is 0 Å². The molecule has 0 radical (unpaired) electrons. The van der Waals surface area contributed by atoms with Crippen molar-refractivity contribution in [2.24, 2.45) is 0 Å². The van der Waals surface area contributed by atoms with Gasteiger partial charge in [0.05, 0.1) is 0 Å². The monoisotopic (exact) mass is 260 g/mol. The van der Waals surface area contributed by atoms with Gasteiger partial charge in [0.25, 0.3) is 0 Å². The van der Waals surface area contributed by atoms with Gasteiger partial charge in [0.2, 0.25) is 0 Å². The molecule has 0 saturated heterocycles. The average molecular weight is 260 g/mol. The van der Waals surface area contributed by atoms with Gasteiger partial charge in [0.1, 0.15) is 0 Å². The van der Waals surface area contributed by atoms with Gasteiger partial charge in [0.15, 0.2) is 0 Å². The summed E-state index contributed by atoms with van der Waals surface area (Å²) in [5, 5.41) is 0. The van der Waals surface area contributed by atoms with Crippen LogP contribution in [0.15, 0.2) is 0 Å². The molecular formula is H4Na3O8PSi. The van der Waals surface area contributed by atoms with Crippen LogP contribution in [0, 0.1) is 0 Å². The van der Waals surface area contributed by atoms with E-state index in [0.29, 0.717) is 0 Å². The molecule has 0 fully saturated rings. The van der Waals surface area contributed by atoms with E-state index in [1.54, 1.807) is 0 Å². The van der Waals surface area contributed by atoms with E-state index in [2.05, 4.69) is 0 Å². The first-order chi connectivity index (χ1) is 4.00. The zero-order chi connectivity index (χ0) is 9.00. The molecular weight excluding hydrogens is 256 g/mol. The topological polar surface area (TPSA) is 167 Å². The van der Waals surface area contributed by atoms with Crippen LogP contribution >= 0.6 is 7.82 Å². The fraction of sp³-hybridized carbons (Fsp3) is 0. The van der Waals surface area contributed by atoms with Gasteiger partial charge in [-0.3, -0.25) is 0 Å². The van der Waals surface area contributed by atoms with Gasteiger partial charge in [-0.05, 0) is 0 Å². The Morgan fingerprint density at radius 2 is 0.846 bits per heavy atom. The van der Waals surface area contributed by atoms with Gasteiger partial charge in [-0.2, -0.15) is 7.82 Å². The molecule has 64 valence electrons. The fourth-order valence-electron chi connectivity index (χ4n) is 0. The van der Waals surface area contributed by atoms with Crippen molar-refractivity contribution in [3.05, 3.63) is 0 Å². The standard InChI is InChI=1S/3Na.H3O4P.H4O4Si/c;;;2*1-5(2,3)4/h;;;(H3,1,2,3,4);1-4H/q3*+1;;/p-3. The van der Waals surface area contributed by atoms with E-state index in [0.717, 1.165) is 0 Å². The van der Waals surface area contributed by atoms with Gasteiger partial charge >= 0.3 is 97.7 Å². The normalized spacial score (nSPS) is 9.15. The molecule has 0 unspecified atom stereocenters. The third-order valence-corrected chi connectivity index (χ3v) is 0. The SMILES string of the molecule is O=P([O-])([O-])[O-].O[Si](O)(O)O.[Na+].[Na+].[Na+]. The quantitative estimate of drug-likeness (QED) is 0.246. The molecule has 0 aromatic heterocycles. The molecule has 0 aliphatic rings. The van der Waals surface area contributed by atoms with Gasteiger partial charge in [-0.1, -0.05) is 0 Å². The van der Waals surface area contributed by atoms with Crippen molar-refractivity contribution in [2.45, 2.75) is 0 Å². The summed E-state index contributed by atoms with van der Waals surface area (Å²) in [7, 11) is -10.0. The summed E-state index contributed by atoms with van der Waals surface area (Å²) in [5.74, 6) is 0. The summed E-state index contributed by atoms with van der Waals surface area (Å²) in [5.41, 5.74) is 0. The van der Waals surface area contributed by atoms with Crippen molar-refractivity contribution < 1.29 is 127 Å². The second-order valence-corrected chi connectivity index (χ2v) is 3.14. The summed E-state index contributed by atoms with van der Waals surface area (Å²) < 4.78 is 8.55. The number of rotatable bonds is 0. The van der Waals surface area contributed by atoms with Crippen molar-refractivity contribution in [3.63, 3.8) is 0 Å². The van der Waals surface area contributed by atoms with Gasteiger partial charge < -0.3 is 38.4 Å². The van der Waals surface area contributed by atoms with Crippen LogP contribution in [0.4, 0.5) is 0 Å². The molecule has 0 aromatic carbocycles. The first-order valence-electron chi connectivity index (χ1n) is 1.62. The third kappa shape index (κ3) is 262. The minimum absolute atomic E-state index is 0. The minimum Gasteiger partial charge on any atom is -0.822 e. The first-order valence-corrected chi connectivity index (χ1v) is 4.87. The maximum atomic E-state index is 8.55. The molecule has 0 aromatic rings. The summed E-state index contributed by atoms with van der Waals surface area (Å²) in [6.07, 6.45) is 0. The van der Waals surface area contributed by atoms with Crippen LogP contribution in [-0.4, -0.2) is 28.2 Å². The Labute approximate surface area is 142 Å². The van der Waals surface area contributed by atoms with Crippen LogP contribution in [-0.2, 0) is 4.57 Å². The van der Waals surface area contributed by atoms with E-state index in [4.69, 9.17) is 38.4 Å². The van der Waals surface area contributed by atoms with E-state index in [-0.39, 0.29) is 88.7 Å². The predicted octanol–water partition coefficient (Wildman–Crippen LogP) is -14.4. The molecule has 0 heterocycles. The van der Waals surface area contributed by atoms with Crippen molar-refractivity contribution in [3.8, 4) is 0 Å². The summed E-state index contributed by atoms with van der Waals surface area (Å²) in [6.45, 7) is 0. The van der Waals surface area contributed by atoms with E-state index < -0.39 is 16.9 Å². The van der Waals surface area contributed by atoms with Crippen molar-refractivity contribution in [2.75, 3.05) is 0 Å². The Morgan fingerprint density at radius 3 is 0.846 bits per heavy atom. The third-order valence-electron chi connectivity index (χ3n) is 0. The van der Waals surface area contributed by atoms with E-state index in [1.807, 2.05) is 0 Å². The Kier molecular flexibility index (Phi) is 30.4. The Hall–Kier alpha value is 3.17. The van der Waals surface area contributed by atoms with Crippen molar-refractivity contribution >= 4 is 16.9 Å². The fourth-order valence-corrected chi connectivity index (χ4v) is 0. The molecule has 0 aliphatic carbocycles. The molecule has 0 atom stereocenters. The number of phosphoric acid groups is 1. The Bertz CT molecular complexity index is 112. The smallest absolute Gasteiger partial charge is 0.822 e. The summed E-state index contributed by atoms with van der Waals surface area (Å²) in [4.78, 5) is 55.0. The summed E-state index contributed by atoms with van der Waals surface area (Å²) >= 11 is 0. The molecule has 0 amide bonds. The molecule has 4 N–H and O–H groups in total. The van der Waals surface area contributed by atoms with E-state index >= 15 is 0 Å². The number of hydrogen-bond acceptors (Lipinski definition) is 8. The molecule has 0 rings (SSSR count). The van der Waals surface area contributed by atoms with Crippen LogP contribution in [0.3, 0.4) is 0 Å². The molecule has 13 heteroatoms. The van der Waals surface area contributed by atoms with Crippen LogP contribution in [0.25, 0.3) is 0 Å². The second kappa shape index (κ2) is 13.2. The van der Waals surface area contributed by atoms with Crippen LogP contribution in [0.5, 0.6) is 0 Å². The first kappa shape index (κ1) is 29.8. The van der Waals surface area contributed by atoms with E-state index in [1.165, 1.54) is 0 Å². The largest absolute Gasteiger partial charge is 1.00 e. The van der Waals surface area contributed by atoms with Crippen LogP contribution in [0.2, 0.25) is 0 Å². The molecule has 8 nitrogen and oxygen atoms in total. The average Bonchev–Trinajstić information content (AvgIpc) is 1.12. The molecule has 0 bridgehead atoms. The molecule has 0 aliphatic heterocycles. The Balaban J connectivity index is -0.0000000267. The maximum Gasteiger partial charge on any atom is 1.00 e. The van der Waals surface area contributed by atoms with Gasteiger partial charge in [0, 0.05) is 0 Å². The predicted molar refractivity (Wildman–Crippen MR) is 22.2 cm³/mol. The maximum absolute atomic E-state index is 8.55. The van der Waals surface area contributed by atoms with Crippen LogP contribution < -0.4 is 103 Å². The zero-order valence-corrected chi connectivity index (χ0v) is 15.3. The van der Waals surface area contributed by atoms with Gasteiger partial charge in [-0.15, -0.1) is 0 Å². The van der Waals surface area contributed by atoms with Gasteiger partial charge in [-0.25, -0.2) is 0 Å². The van der Waals surface area contributed by atoms with Crippen LogP contribution in [0.1, 0.15) is 0 Å². The Morgan fingerprint density at radius 1 is 0.846 bits per heavy atom. The van der Waals surface area contributed by atoms with E-state index in [9.17, 15) is 0 Å².